The van der Waals surface area contributed by atoms with E-state index < -0.39 is 0 Å². The molecule has 5 nitrogen and oxygen atoms in total. The predicted octanol–water partition coefficient (Wildman–Crippen LogP) is 0.964. The van der Waals surface area contributed by atoms with Gasteiger partial charge >= 0.3 is 0 Å². The third-order valence-corrected chi connectivity index (χ3v) is 5.21. The van der Waals surface area contributed by atoms with Crippen LogP contribution in [-0.4, -0.2) is 43.6 Å². The lowest BCUT2D eigenvalue weighted by Gasteiger charge is -2.29. The molecule has 138 valence electrons. The number of quaternary nitrogens is 2. The normalized spacial score (nSPS) is 20.0. The van der Waals surface area contributed by atoms with Crippen LogP contribution in [0.1, 0.15) is 5.56 Å². The summed E-state index contributed by atoms with van der Waals surface area (Å²) in [5, 5.41) is 4.32. The second-order valence-corrected chi connectivity index (χ2v) is 7.80. The molecule has 1 aromatic carbocycles. The molecule has 0 spiro atoms. The van der Waals surface area contributed by atoms with Crippen molar-refractivity contribution in [3.63, 3.8) is 0 Å². The summed E-state index contributed by atoms with van der Waals surface area (Å²) in [5.41, 5.74) is 1.25. The summed E-state index contributed by atoms with van der Waals surface area (Å²) < 4.78 is 0. The Bertz CT molecular complexity index is 779. The first kappa shape index (κ1) is 19.4. The first-order valence-corrected chi connectivity index (χ1v) is 9.65. The number of amides is 1. The second kappa shape index (κ2) is 9.02. The van der Waals surface area contributed by atoms with Crippen LogP contribution in [0.3, 0.4) is 0 Å². The molecule has 1 fully saturated rings. The van der Waals surface area contributed by atoms with E-state index >= 15 is 0 Å². The minimum Gasteiger partial charge on any atom is -0.322 e. The van der Waals surface area contributed by atoms with Gasteiger partial charge in [0.2, 0.25) is 0 Å². The summed E-state index contributed by atoms with van der Waals surface area (Å²) in [5.74, 6) is 0.265. The number of nitrogens with one attached hydrogen (secondary N) is 3. The molecule has 1 amide bonds. The largest absolute Gasteiger partial charge is 0.322 e. The molecule has 0 atom stereocenters. The summed E-state index contributed by atoms with van der Waals surface area (Å²) in [6.07, 6.45) is 1.47. The van der Waals surface area contributed by atoms with Crippen LogP contribution in [0.2, 0.25) is 15.1 Å². The van der Waals surface area contributed by atoms with E-state index in [-0.39, 0.29) is 5.91 Å². The van der Waals surface area contributed by atoms with E-state index in [2.05, 4.69) is 16.4 Å². The molecule has 8 heteroatoms. The number of carbonyl (C=O) groups is 1. The smallest absolute Gasteiger partial charge is 0.280 e. The van der Waals surface area contributed by atoms with Crippen LogP contribution < -0.4 is 15.1 Å². The third kappa shape index (κ3) is 5.56. The Morgan fingerprint density at radius 1 is 1.04 bits per heavy atom. The van der Waals surface area contributed by atoms with E-state index in [9.17, 15) is 4.79 Å². The summed E-state index contributed by atoms with van der Waals surface area (Å²) in [4.78, 5) is 19.1. The molecule has 0 bridgehead atoms. The Kier molecular flexibility index (Phi) is 6.73. The van der Waals surface area contributed by atoms with Crippen molar-refractivity contribution in [2.75, 3.05) is 38.0 Å². The van der Waals surface area contributed by atoms with E-state index in [1.54, 1.807) is 6.07 Å². The lowest BCUT2D eigenvalue weighted by molar-refractivity contribution is -1.02. The first-order valence-electron chi connectivity index (χ1n) is 8.52. The van der Waals surface area contributed by atoms with Crippen LogP contribution in [0.15, 0.2) is 36.5 Å². The monoisotopic (exact) mass is 414 g/mol. The number of benzene rings is 1. The standard InChI is InChI=1S/C18H19Cl3N4O/c19-14-3-1-2-13(8-14)11-24-4-6-25(7-5-24)12-17(26)23-18-16(21)9-15(20)10-22-18/h1-3,8-10H,4-7,11-12H2,(H,22,23,26)/p+2. The SMILES string of the molecule is O=C(C[NH+]1CC[NH+](Cc2cccc(Cl)c2)CC1)Nc1ncc(Cl)cc1Cl. The summed E-state index contributed by atoms with van der Waals surface area (Å²) >= 11 is 17.9. The molecular formula is C18H21Cl3N4O+2. The van der Waals surface area contributed by atoms with Gasteiger partial charge in [-0.25, -0.2) is 4.98 Å². The van der Waals surface area contributed by atoms with Gasteiger partial charge in [-0.05, 0) is 18.2 Å². The molecule has 3 rings (SSSR count). The average molecular weight is 416 g/mol. The second-order valence-electron chi connectivity index (χ2n) is 6.52. The maximum atomic E-state index is 12.2. The highest BCUT2D eigenvalue weighted by atomic mass is 35.5. The quantitative estimate of drug-likeness (QED) is 0.681. The van der Waals surface area contributed by atoms with E-state index in [1.807, 2.05) is 18.2 Å². The van der Waals surface area contributed by atoms with Crippen molar-refractivity contribution in [1.82, 2.24) is 4.98 Å². The molecule has 0 saturated carbocycles. The van der Waals surface area contributed by atoms with Gasteiger partial charge in [0.25, 0.3) is 5.91 Å². The minimum atomic E-state index is -0.0880. The van der Waals surface area contributed by atoms with Gasteiger partial charge in [0.1, 0.15) is 32.7 Å². The maximum Gasteiger partial charge on any atom is 0.280 e. The fourth-order valence-corrected chi connectivity index (χ4v) is 3.80. The number of carbonyl (C=O) groups excluding carboxylic acids is 1. The van der Waals surface area contributed by atoms with E-state index in [0.29, 0.717) is 22.4 Å². The van der Waals surface area contributed by atoms with Crippen LogP contribution in [-0.2, 0) is 11.3 Å². The minimum absolute atomic E-state index is 0.0880. The highest BCUT2D eigenvalue weighted by molar-refractivity contribution is 6.36. The first-order chi connectivity index (χ1) is 12.5. The molecule has 2 heterocycles. The molecule has 1 aliphatic heterocycles. The molecule has 0 unspecified atom stereocenters. The molecule has 1 aliphatic rings. The fraction of sp³-hybridized carbons (Fsp3) is 0.333. The number of aromatic nitrogens is 1. The summed E-state index contributed by atoms with van der Waals surface area (Å²) in [6.45, 7) is 5.32. The van der Waals surface area contributed by atoms with Crippen LogP contribution in [0.25, 0.3) is 0 Å². The molecule has 3 N–H and O–H groups in total. The van der Waals surface area contributed by atoms with Gasteiger partial charge in [0.15, 0.2) is 12.4 Å². The van der Waals surface area contributed by atoms with E-state index in [4.69, 9.17) is 34.8 Å². The van der Waals surface area contributed by atoms with Crippen molar-refractivity contribution in [2.45, 2.75) is 6.54 Å². The number of anilines is 1. The Labute approximate surface area is 167 Å². The van der Waals surface area contributed by atoms with E-state index in [1.165, 1.54) is 21.6 Å². The van der Waals surface area contributed by atoms with Crippen LogP contribution in [0, 0.1) is 0 Å². The molecule has 0 aliphatic carbocycles. The van der Waals surface area contributed by atoms with Crippen molar-refractivity contribution < 1.29 is 14.6 Å². The van der Waals surface area contributed by atoms with E-state index in [0.717, 1.165) is 37.7 Å². The zero-order valence-corrected chi connectivity index (χ0v) is 16.5. The Morgan fingerprint density at radius 3 is 2.46 bits per heavy atom. The molecule has 1 saturated heterocycles. The van der Waals surface area contributed by atoms with Crippen molar-refractivity contribution in [3.05, 3.63) is 57.2 Å². The Morgan fingerprint density at radius 2 is 1.77 bits per heavy atom. The van der Waals surface area contributed by atoms with Gasteiger partial charge in [-0.1, -0.05) is 46.9 Å². The highest BCUT2D eigenvalue weighted by Crippen LogP contribution is 2.22. The molecule has 2 aromatic rings. The van der Waals surface area contributed by atoms with Crippen LogP contribution >= 0.6 is 34.8 Å². The summed E-state index contributed by atoms with van der Waals surface area (Å²) in [7, 11) is 0. The summed E-state index contributed by atoms with van der Waals surface area (Å²) in [6, 6.07) is 9.57. The number of rotatable bonds is 5. The van der Waals surface area contributed by atoms with Gasteiger partial charge in [0, 0.05) is 16.8 Å². The van der Waals surface area contributed by atoms with Gasteiger partial charge < -0.3 is 15.1 Å². The van der Waals surface area contributed by atoms with Crippen LogP contribution in [0.4, 0.5) is 5.82 Å². The van der Waals surface area contributed by atoms with Crippen molar-refractivity contribution in [2.24, 2.45) is 0 Å². The van der Waals surface area contributed by atoms with Gasteiger partial charge in [-0.3, -0.25) is 4.79 Å². The zero-order valence-electron chi connectivity index (χ0n) is 14.2. The zero-order chi connectivity index (χ0) is 18.5. The number of hydrogen-bond acceptors (Lipinski definition) is 2. The Balaban J connectivity index is 1.45. The van der Waals surface area contributed by atoms with Crippen molar-refractivity contribution in [3.8, 4) is 0 Å². The lowest BCUT2D eigenvalue weighted by atomic mass is 10.2. The number of pyridine rings is 1. The van der Waals surface area contributed by atoms with Gasteiger partial charge in [-0.2, -0.15) is 0 Å². The lowest BCUT2D eigenvalue weighted by Crippen LogP contribution is -3.28. The highest BCUT2D eigenvalue weighted by Gasteiger charge is 2.25. The average Bonchev–Trinajstić information content (AvgIpc) is 2.59. The van der Waals surface area contributed by atoms with Crippen LogP contribution in [0.5, 0.6) is 0 Å². The van der Waals surface area contributed by atoms with Crippen molar-refractivity contribution >= 4 is 46.5 Å². The van der Waals surface area contributed by atoms with Gasteiger partial charge in [-0.15, -0.1) is 0 Å². The van der Waals surface area contributed by atoms with Crippen molar-refractivity contribution in [1.29, 1.82) is 0 Å². The number of piperazine rings is 1. The molecule has 26 heavy (non-hydrogen) atoms. The Hall–Kier alpha value is -1.37. The number of halogens is 3. The topological polar surface area (TPSA) is 50.9 Å². The number of hydrogen-bond donors (Lipinski definition) is 3. The fourth-order valence-electron chi connectivity index (χ4n) is 3.16. The van der Waals surface area contributed by atoms with Gasteiger partial charge in [0.05, 0.1) is 10.0 Å². The molecule has 1 aromatic heterocycles. The number of nitrogens with zero attached hydrogens (tertiary/aromatic N) is 1. The predicted molar refractivity (Wildman–Crippen MR) is 104 cm³/mol. The maximum absolute atomic E-state index is 12.2. The molecular weight excluding hydrogens is 395 g/mol. The molecule has 0 radical (unpaired) electrons. The third-order valence-electron chi connectivity index (χ3n) is 4.48.